The lowest BCUT2D eigenvalue weighted by Crippen LogP contribution is -2.31. The van der Waals surface area contributed by atoms with Gasteiger partial charge in [0.1, 0.15) is 12.4 Å². The van der Waals surface area contributed by atoms with Crippen LogP contribution in [0.5, 0.6) is 17.2 Å². The van der Waals surface area contributed by atoms with E-state index in [1.54, 1.807) is 48.5 Å². The summed E-state index contributed by atoms with van der Waals surface area (Å²) in [6.07, 6.45) is 1.08. The van der Waals surface area contributed by atoms with Crippen molar-refractivity contribution in [3.05, 3.63) is 113 Å². The first-order chi connectivity index (χ1) is 19.2. The second-order valence-corrected chi connectivity index (χ2v) is 11.2. The van der Waals surface area contributed by atoms with Crippen LogP contribution in [0.15, 0.2) is 91.0 Å². The Labute approximate surface area is 239 Å². The Bertz CT molecular complexity index is 1560. The number of hydrogen-bond donors (Lipinski definition) is 1. The van der Waals surface area contributed by atoms with Gasteiger partial charge in [-0.1, -0.05) is 54.1 Å². The van der Waals surface area contributed by atoms with Gasteiger partial charge in [0.05, 0.1) is 38.3 Å². The van der Waals surface area contributed by atoms with Gasteiger partial charge >= 0.3 is 0 Å². The molecule has 10 heteroatoms. The van der Waals surface area contributed by atoms with E-state index < -0.39 is 15.9 Å². The van der Waals surface area contributed by atoms with Gasteiger partial charge < -0.3 is 19.5 Å². The first-order valence-electron chi connectivity index (χ1n) is 12.2. The predicted octanol–water partition coefficient (Wildman–Crippen LogP) is 6.15. The number of nitrogens with one attached hydrogen (secondary N) is 1. The second-order valence-electron chi connectivity index (χ2n) is 8.87. The van der Waals surface area contributed by atoms with Gasteiger partial charge in [-0.25, -0.2) is 8.42 Å². The lowest BCUT2D eigenvalue weighted by Gasteiger charge is -2.26. The summed E-state index contributed by atoms with van der Waals surface area (Å²) >= 11 is 6.00. The molecule has 0 fully saturated rings. The van der Waals surface area contributed by atoms with Crippen LogP contribution in [0.4, 0.5) is 11.4 Å². The fraction of sp³-hybridized carbons (Fsp3) is 0.167. The van der Waals surface area contributed by atoms with Gasteiger partial charge in [-0.2, -0.15) is 0 Å². The molecular formula is C30H29ClN2O6S. The molecule has 4 aromatic carbocycles. The molecule has 208 valence electrons. The molecule has 0 aromatic heterocycles. The fourth-order valence-electron chi connectivity index (χ4n) is 3.97. The number of sulfonamides is 1. The molecule has 0 atom stereocenters. The third-order valence-electron chi connectivity index (χ3n) is 6.02. The largest absolute Gasteiger partial charge is 0.493 e. The Morgan fingerprint density at radius 3 is 2.08 bits per heavy atom. The second kappa shape index (κ2) is 12.8. The molecule has 0 bridgehead atoms. The molecule has 40 heavy (non-hydrogen) atoms. The van der Waals surface area contributed by atoms with E-state index >= 15 is 0 Å². The Morgan fingerprint density at radius 2 is 1.48 bits per heavy atom. The van der Waals surface area contributed by atoms with Crippen LogP contribution in [0.25, 0.3) is 0 Å². The SMILES string of the molecule is COc1cc(C(=O)Nc2ccc(OCc3ccccc3)cc2)c(N(Cc2ccc(Cl)cc2)S(C)(=O)=O)cc1OC. The minimum atomic E-state index is -3.83. The van der Waals surface area contributed by atoms with Crippen molar-refractivity contribution < 1.29 is 27.4 Å². The van der Waals surface area contributed by atoms with Gasteiger partial charge in [0, 0.05) is 16.8 Å². The molecule has 8 nitrogen and oxygen atoms in total. The van der Waals surface area contributed by atoms with Gasteiger partial charge in [0.25, 0.3) is 5.91 Å². The summed E-state index contributed by atoms with van der Waals surface area (Å²) < 4.78 is 43.7. The average Bonchev–Trinajstić information content (AvgIpc) is 2.95. The summed E-state index contributed by atoms with van der Waals surface area (Å²) in [7, 11) is -0.950. The molecule has 0 aliphatic carbocycles. The highest BCUT2D eigenvalue weighted by Crippen LogP contribution is 2.37. The molecule has 4 rings (SSSR count). The number of halogens is 1. The van der Waals surface area contributed by atoms with E-state index in [-0.39, 0.29) is 29.3 Å². The monoisotopic (exact) mass is 580 g/mol. The van der Waals surface area contributed by atoms with Crippen LogP contribution in [0, 0.1) is 0 Å². The number of carbonyl (C=O) groups excluding carboxylic acids is 1. The number of methoxy groups -OCH3 is 2. The average molecular weight is 581 g/mol. The summed E-state index contributed by atoms with van der Waals surface area (Å²) in [5.74, 6) is 0.665. The maximum absolute atomic E-state index is 13.5. The normalized spacial score (nSPS) is 11.0. The van der Waals surface area contributed by atoms with Gasteiger partial charge in [-0.05, 0) is 53.6 Å². The molecular weight excluding hydrogens is 552 g/mol. The third-order valence-corrected chi connectivity index (χ3v) is 7.39. The lowest BCUT2D eigenvalue weighted by molar-refractivity contribution is 0.102. The first-order valence-corrected chi connectivity index (χ1v) is 14.5. The smallest absolute Gasteiger partial charge is 0.257 e. The topological polar surface area (TPSA) is 94.2 Å². The number of benzene rings is 4. The zero-order valence-electron chi connectivity index (χ0n) is 22.3. The van der Waals surface area contributed by atoms with Crippen LogP contribution in [0.2, 0.25) is 5.02 Å². The van der Waals surface area contributed by atoms with Crippen molar-refractivity contribution in [1.29, 1.82) is 0 Å². The van der Waals surface area contributed by atoms with Gasteiger partial charge in [-0.3, -0.25) is 9.10 Å². The summed E-state index contributed by atoms with van der Waals surface area (Å²) in [4.78, 5) is 13.5. The van der Waals surface area contributed by atoms with Crippen molar-refractivity contribution in [2.24, 2.45) is 0 Å². The number of anilines is 2. The van der Waals surface area contributed by atoms with E-state index in [0.717, 1.165) is 16.1 Å². The van der Waals surface area contributed by atoms with Crippen molar-refractivity contribution in [3.8, 4) is 17.2 Å². The molecule has 0 radical (unpaired) electrons. The van der Waals surface area contributed by atoms with Gasteiger partial charge in [0.15, 0.2) is 11.5 Å². The van der Waals surface area contributed by atoms with Gasteiger partial charge in [-0.15, -0.1) is 0 Å². The quantitative estimate of drug-likeness (QED) is 0.228. The van der Waals surface area contributed by atoms with E-state index in [0.29, 0.717) is 28.6 Å². The van der Waals surface area contributed by atoms with E-state index in [4.69, 9.17) is 25.8 Å². The molecule has 0 saturated heterocycles. The molecule has 4 aromatic rings. The number of amides is 1. The molecule has 0 heterocycles. The Morgan fingerprint density at radius 1 is 0.850 bits per heavy atom. The Kier molecular flexibility index (Phi) is 9.19. The van der Waals surface area contributed by atoms with E-state index in [9.17, 15) is 13.2 Å². The molecule has 0 spiro atoms. The lowest BCUT2D eigenvalue weighted by atomic mass is 10.1. The molecule has 0 unspecified atom stereocenters. The number of rotatable bonds is 11. The standard InChI is InChI=1S/C30H29ClN2O6S/c1-37-28-17-26(30(34)32-24-13-15-25(16-14-24)39-20-22-7-5-4-6-8-22)27(18-29(28)38-2)33(40(3,35)36)19-21-9-11-23(31)12-10-21/h4-18H,19-20H2,1-3H3,(H,32,34). The minimum absolute atomic E-state index is 0.0286. The van der Waals surface area contributed by atoms with E-state index in [2.05, 4.69) is 5.32 Å². The zero-order valence-corrected chi connectivity index (χ0v) is 23.8. The predicted molar refractivity (Wildman–Crippen MR) is 157 cm³/mol. The number of carbonyl (C=O) groups is 1. The summed E-state index contributed by atoms with van der Waals surface area (Å²) in [5.41, 5.74) is 2.44. The van der Waals surface area contributed by atoms with Crippen LogP contribution >= 0.6 is 11.6 Å². The van der Waals surface area contributed by atoms with Crippen molar-refractivity contribution >= 4 is 38.9 Å². The number of nitrogens with zero attached hydrogens (tertiary/aromatic N) is 1. The maximum atomic E-state index is 13.5. The van der Waals surface area contributed by atoms with Crippen LogP contribution in [-0.2, 0) is 23.2 Å². The van der Waals surface area contributed by atoms with Crippen LogP contribution in [0.3, 0.4) is 0 Å². The van der Waals surface area contributed by atoms with Gasteiger partial charge in [0.2, 0.25) is 10.0 Å². The van der Waals surface area contributed by atoms with E-state index in [1.165, 1.54) is 26.4 Å². The Hall–Kier alpha value is -4.21. The highest BCUT2D eigenvalue weighted by Gasteiger charge is 2.27. The molecule has 0 aliphatic rings. The van der Waals surface area contributed by atoms with E-state index in [1.807, 2.05) is 30.3 Å². The van der Waals surface area contributed by atoms with Crippen molar-refractivity contribution in [2.75, 3.05) is 30.1 Å². The Balaban J connectivity index is 1.63. The number of ether oxygens (including phenoxy) is 3. The molecule has 0 aliphatic heterocycles. The first kappa shape index (κ1) is 28.8. The summed E-state index contributed by atoms with van der Waals surface area (Å²) in [6.45, 7) is 0.385. The summed E-state index contributed by atoms with van der Waals surface area (Å²) in [5, 5.41) is 3.36. The van der Waals surface area contributed by atoms with Crippen molar-refractivity contribution in [1.82, 2.24) is 0 Å². The highest BCUT2D eigenvalue weighted by molar-refractivity contribution is 7.92. The van der Waals surface area contributed by atoms with Crippen LogP contribution in [0.1, 0.15) is 21.5 Å². The third kappa shape index (κ3) is 7.25. The van der Waals surface area contributed by atoms with Crippen molar-refractivity contribution in [2.45, 2.75) is 13.2 Å². The minimum Gasteiger partial charge on any atom is -0.493 e. The fourth-order valence-corrected chi connectivity index (χ4v) is 4.98. The van der Waals surface area contributed by atoms with Crippen LogP contribution in [-0.4, -0.2) is 34.8 Å². The molecule has 1 amide bonds. The van der Waals surface area contributed by atoms with Crippen LogP contribution < -0.4 is 23.8 Å². The van der Waals surface area contributed by atoms with Crippen molar-refractivity contribution in [3.63, 3.8) is 0 Å². The molecule has 1 N–H and O–H groups in total. The highest BCUT2D eigenvalue weighted by atomic mass is 35.5. The number of hydrogen-bond acceptors (Lipinski definition) is 6. The molecule has 0 saturated carbocycles. The maximum Gasteiger partial charge on any atom is 0.257 e. The summed E-state index contributed by atoms with van der Waals surface area (Å²) in [6, 6.07) is 26.4. The zero-order chi connectivity index (χ0) is 28.7.